The minimum atomic E-state index is -0.348. The van der Waals surface area contributed by atoms with E-state index in [2.05, 4.69) is 0 Å². The zero-order chi connectivity index (χ0) is 9.26. The van der Waals surface area contributed by atoms with Crippen LogP contribution in [0.15, 0.2) is 24.3 Å². The van der Waals surface area contributed by atoms with E-state index in [1.165, 1.54) is 0 Å². The van der Waals surface area contributed by atoms with Gasteiger partial charge >= 0.3 is 0 Å². The number of phenols is 1. The molecule has 0 bridgehead atoms. The van der Waals surface area contributed by atoms with Gasteiger partial charge in [-0.05, 0) is 17.7 Å². The van der Waals surface area contributed by atoms with Gasteiger partial charge in [-0.2, -0.15) is 0 Å². The lowest BCUT2D eigenvalue weighted by atomic mass is 10.1. The molecular formula is C10H12O3. The minimum Gasteiger partial charge on any atom is -0.508 e. The Labute approximate surface area is 76.6 Å². The van der Waals surface area contributed by atoms with Crippen molar-refractivity contribution < 1.29 is 14.9 Å². The van der Waals surface area contributed by atoms with Gasteiger partial charge in [-0.15, -0.1) is 0 Å². The summed E-state index contributed by atoms with van der Waals surface area (Å²) in [4.78, 5) is 0. The van der Waals surface area contributed by atoms with E-state index in [-0.39, 0.29) is 18.0 Å². The van der Waals surface area contributed by atoms with Crippen LogP contribution in [0.3, 0.4) is 0 Å². The molecule has 1 aliphatic rings. The quantitative estimate of drug-likeness (QED) is 0.683. The number of rotatable bonds is 1. The molecule has 0 amide bonds. The molecule has 1 fully saturated rings. The number of aromatic hydroxyl groups is 1. The van der Waals surface area contributed by atoms with E-state index in [1.807, 2.05) is 12.1 Å². The van der Waals surface area contributed by atoms with Crippen molar-refractivity contribution in [3.8, 4) is 5.75 Å². The molecule has 1 aliphatic heterocycles. The van der Waals surface area contributed by atoms with Gasteiger partial charge in [0.1, 0.15) is 5.75 Å². The molecule has 2 N–H and O–H groups in total. The molecular weight excluding hydrogens is 168 g/mol. The topological polar surface area (TPSA) is 49.7 Å². The zero-order valence-electron chi connectivity index (χ0n) is 7.18. The van der Waals surface area contributed by atoms with Crippen molar-refractivity contribution in [3.63, 3.8) is 0 Å². The lowest BCUT2D eigenvalue weighted by Gasteiger charge is -2.08. The van der Waals surface area contributed by atoms with Crippen LogP contribution in [-0.2, 0) is 4.74 Å². The van der Waals surface area contributed by atoms with Crippen LogP contribution in [0, 0.1) is 0 Å². The molecule has 0 spiro atoms. The highest BCUT2D eigenvalue weighted by Crippen LogP contribution is 2.29. The van der Waals surface area contributed by atoms with Crippen molar-refractivity contribution in [1.82, 2.24) is 0 Å². The molecule has 1 saturated heterocycles. The first kappa shape index (κ1) is 8.53. The van der Waals surface area contributed by atoms with Gasteiger partial charge in [-0.25, -0.2) is 0 Å². The Morgan fingerprint density at radius 3 is 2.46 bits per heavy atom. The van der Waals surface area contributed by atoms with Gasteiger partial charge < -0.3 is 14.9 Å². The molecule has 0 aromatic heterocycles. The summed E-state index contributed by atoms with van der Waals surface area (Å²) in [5.74, 6) is 0.252. The fraction of sp³-hybridized carbons (Fsp3) is 0.400. The van der Waals surface area contributed by atoms with Crippen molar-refractivity contribution in [2.45, 2.75) is 18.6 Å². The summed E-state index contributed by atoms with van der Waals surface area (Å²) >= 11 is 0. The van der Waals surface area contributed by atoms with Gasteiger partial charge in [0.05, 0.1) is 18.8 Å². The maximum atomic E-state index is 9.24. The fourth-order valence-electron chi connectivity index (χ4n) is 1.53. The third-order valence-corrected chi connectivity index (χ3v) is 2.24. The second-order valence-corrected chi connectivity index (χ2v) is 3.30. The van der Waals surface area contributed by atoms with Gasteiger partial charge in [-0.1, -0.05) is 12.1 Å². The summed E-state index contributed by atoms with van der Waals surface area (Å²) in [6.07, 6.45) is 0.277. The van der Waals surface area contributed by atoms with Gasteiger partial charge in [-0.3, -0.25) is 0 Å². The summed E-state index contributed by atoms with van der Waals surface area (Å²) in [5.41, 5.74) is 1.01. The second-order valence-electron chi connectivity index (χ2n) is 3.30. The van der Waals surface area contributed by atoms with Crippen LogP contribution in [0.1, 0.15) is 18.1 Å². The van der Waals surface area contributed by atoms with Crippen LogP contribution in [0.2, 0.25) is 0 Å². The lowest BCUT2D eigenvalue weighted by Crippen LogP contribution is -2.02. The highest BCUT2D eigenvalue weighted by molar-refractivity contribution is 5.27. The lowest BCUT2D eigenvalue weighted by molar-refractivity contribution is 0.0888. The van der Waals surface area contributed by atoms with Crippen LogP contribution >= 0.6 is 0 Å². The maximum Gasteiger partial charge on any atom is 0.115 e. The summed E-state index contributed by atoms with van der Waals surface area (Å²) in [6.45, 7) is 0.408. The summed E-state index contributed by atoms with van der Waals surface area (Å²) in [6, 6.07) is 6.89. The third kappa shape index (κ3) is 1.82. The maximum absolute atomic E-state index is 9.24. The monoisotopic (exact) mass is 180 g/mol. The first-order valence-electron chi connectivity index (χ1n) is 4.34. The molecule has 1 heterocycles. The van der Waals surface area contributed by atoms with E-state index in [1.54, 1.807) is 12.1 Å². The highest BCUT2D eigenvalue weighted by Gasteiger charge is 2.24. The molecule has 1 aromatic carbocycles. The Hall–Kier alpha value is -1.06. The van der Waals surface area contributed by atoms with E-state index in [4.69, 9.17) is 9.84 Å². The van der Waals surface area contributed by atoms with E-state index >= 15 is 0 Å². The van der Waals surface area contributed by atoms with Gasteiger partial charge in [0.25, 0.3) is 0 Å². The van der Waals surface area contributed by atoms with E-state index in [0.29, 0.717) is 13.0 Å². The molecule has 2 rings (SSSR count). The van der Waals surface area contributed by atoms with Crippen molar-refractivity contribution in [1.29, 1.82) is 0 Å². The summed E-state index contributed by atoms with van der Waals surface area (Å²) < 4.78 is 5.36. The number of hydrogen-bond donors (Lipinski definition) is 2. The Bertz CT molecular complexity index is 281. The number of aliphatic hydroxyl groups excluding tert-OH is 1. The van der Waals surface area contributed by atoms with E-state index in [9.17, 15) is 5.11 Å². The molecule has 1 aromatic rings. The summed E-state index contributed by atoms with van der Waals surface area (Å²) in [7, 11) is 0. The molecule has 3 heteroatoms. The molecule has 2 unspecified atom stereocenters. The fourth-order valence-corrected chi connectivity index (χ4v) is 1.53. The number of benzene rings is 1. The molecule has 0 aliphatic carbocycles. The summed E-state index contributed by atoms with van der Waals surface area (Å²) in [5, 5.41) is 18.3. The second kappa shape index (κ2) is 3.36. The molecule has 0 saturated carbocycles. The number of ether oxygens (including phenoxy) is 1. The average molecular weight is 180 g/mol. The van der Waals surface area contributed by atoms with Crippen LogP contribution in [0.4, 0.5) is 0 Å². The molecule has 2 atom stereocenters. The zero-order valence-corrected chi connectivity index (χ0v) is 7.18. The number of hydrogen-bond acceptors (Lipinski definition) is 3. The van der Waals surface area contributed by atoms with Crippen LogP contribution < -0.4 is 0 Å². The molecule has 0 radical (unpaired) electrons. The van der Waals surface area contributed by atoms with Crippen molar-refractivity contribution in [2.75, 3.05) is 6.61 Å². The van der Waals surface area contributed by atoms with E-state index in [0.717, 1.165) is 5.56 Å². The first-order chi connectivity index (χ1) is 6.25. The third-order valence-electron chi connectivity index (χ3n) is 2.24. The smallest absolute Gasteiger partial charge is 0.115 e. The standard InChI is InChI=1S/C10H12O3/c11-8-3-1-7(2-4-8)10-5-9(12)6-13-10/h1-4,9-12H,5-6H2. The Morgan fingerprint density at radius 1 is 1.23 bits per heavy atom. The van der Waals surface area contributed by atoms with Crippen molar-refractivity contribution >= 4 is 0 Å². The Kier molecular flexibility index (Phi) is 2.20. The SMILES string of the molecule is Oc1ccc(C2CC(O)CO2)cc1. The normalized spacial score (nSPS) is 27.8. The van der Waals surface area contributed by atoms with E-state index < -0.39 is 0 Å². The number of phenolic OH excluding ortho intramolecular Hbond substituents is 1. The van der Waals surface area contributed by atoms with Crippen LogP contribution in [0.5, 0.6) is 5.75 Å². The minimum absolute atomic E-state index is 0.0180. The average Bonchev–Trinajstić information content (AvgIpc) is 2.53. The van der Waals surface area contributed by atoms with Crippen LogP contribution in [-0.4, -0.2) is 22.9 Å². The van der Waals surface area contributed by atoms with Crippen LogP contribution in [0.25, 0.3) is 0 Å². The predicted octanol–water partition coefficient (Wildman–Crippen LogP) is 1.21. The van der Waals surface area contributed by atoms with Gasteiger partial charge in [0, 0.05) is 6.42 Å². The number of aliphatic hydroxyl groups is 1. The predicted molar refractivity (Wildman–Crippen MR) is 47.4 cm³/mol. The van der Waals surface area contributed by atoms with Gasteiger partial charge in [0.2, 0.25) is 0 Å². The largest absolute Gasteiger partial charge is 0.508 e. The van der Waals surface area contributed by atoms with Gasteiger partial charge in [0.15, 0.2) is 0 Å². The molecule has 13 heavy (non-hydrogen) atoms. The first-order valence-corrected chi connectivity index (χ1v) is 4.34. The van der Waals surface area contributed by atoms with Crippen molar-refractivity contribution in [3.05, 3.63) is 29.8 Å². The Morgan fingerprint density at radius 2 is 1.92 bits per heavy atom. The highest BCUT2D eigenvalue weighted by atomic mass is 16.5. The molecule has 70 valence electrons. The Balaban J connectivity index is 2.13. The molecule has 3 nitrogen and oxygen atoms in total. The van der Waals surface area contributed by atoms with Crippen molar-refractivity contribution in [2.24, 2.45) is 0 Å².